The smallest absolute Gasteiger partial charge is 0.185 e. The molecule has 0 spiro atoms. The summed E-state index contributed by atoms with van der Waals surface area (Å²) in [5, 5.41) is -0.269. The van der Waals surface area contributed by atoms with Crippen LogP contribution in [0.5, 0.6) is 0 Å². The molecule has 21 heavy (non-hydrogen) atoms. The van der Waals surface area contributed by atoms with Crippen LogP contribution in [0.15, 0.2) is 45.7 Å². The lowest BCUT2D eigenvalue weighted by Crippen LogP contribution is -2.17. The van der Waals surface area contributed by atoms with Gasteiger partial charge >= 0.3 is 0 Å². The molecular weight excluding hydrogens is 288 g/mol. The Morgan fingerprint density at radius 2 is 1.86 bits per heavy atom. The third-order valence-corrected chi connectivity index (χ3v) is 6.19. The van der Waals surface area contributed by atoms with E-state index in [4.69, 9.17) is 4.42 Å². The standard InChI is InChI=1S/C16H16O4S/c17-11-13-8-9-16(20-13)12-4-3-7-15(10-12)21(18,19)14-5-1-2-6-14/h3-4,7-11,14H,1-2,5-6H2. The van der Waals surface area contributed by atoms with Crippen LogP contribution >= 0.6 is 0 Å². The molecule has 1 fully saturated rings. The van der Waals surface area contributed by atoms with E-state index < -0.39 is 9.84 Å². The Labute approximate surface area is 123 Å². The molecule has 0 radical (unpaired) electrons. The van der Waals surface area contributed by atoms with Crippen molar-refractivity contribution in [1.82, 2.24) is 0 Å². The molecule has 1 aliphatic rings. The van der Waals surface area contributed by atoms with Gasteiger partial charge in [0.1, 0.15) is 5.76 Å². The number of sulfone groups is 1. The van der Waals surface area contributed by atoms with Crippen molar-refractivity contribution in [3.63, 3.8) is 0 Å². The maximum atomic E-state index is 12.6. The first-order valence-corrected chi connectivity index (χ1v) is 8.55. The maximum absolute atomic E-state index is 12.6. The van der Waals surface area contributed by atoms with Gasteiger partial charge in [-0.05, 0) is 37.1 Å². The molecule has 3 rings (SSSR count). The zero-order chi connectivity index (χ0) is 14.9. The monoisotopic (exact) mass is 304 g/mol. The lowest BCUT2D eigenvalue weighted by molar-refractivity contribution is 0.110. The van der Waals surface area contributed by atoms with E-state index in [0.29, 0.717) is 22.5 Å². The number of carbonyl (C=O) groups is 1. The molecule has 0 atom stereocenters. The van der Waals surface area contributed by atoms with E-state index in [-0.39, 0.29) is 11.0 Å². The van der Waals surface area contributed by atoms with Gasteiger partial charge in [0.2, 0.25) is 0 Å². The van der Waals surface area contributed by atoms with Gasteiger partial charge in [0, 0.05) is 5.56 Å². The summed E-state index contributed by atoms with van der Waals surface area (Å²) >= 11 is 0. The van der Waals surface area contributed by atoms with Crippen molar-refractivity contribution >= 4 is 16.1 Å². The lowest BCUT2D eigenvalue weighted by atomic mass is 10.2. The SMILES string of the molecule is O=Cc1ccc(-c2cccc(S(=O)(=O)C3CCCC3)c2)o1. The number of aldehydes is 1. The minimum absolute atomic E-state index is 0.231. The largest absolute Gasteiger partial charge is 0.453 e. The summed E-state index contributed by atoms with van der Waals surface area (Å²) in [6, 6.07) is 9.98. The summed E-state index contributed by atoms with van der Waals surface area (Å²) in [6.45, 7) is 0. The molecule has 0 unspecified atom stereocenters. The topological polar surface area (TPSA) is 64.3 Å². The average molecular weight is 304 g/mol. The van der Waals surface area contributed by atoms with E-state index in [2.05, 4.69) is 0 Å². The third-order valence-electron chi connectivity index (χ3n) is 3.93. The number of hydrogen-bond acceptors (Lipinski definition) is 4. The number of carbonyl (C=O) groups excluding carboxylic acids is 1. The van der Waals surface area contributed by atoms with Gasteiger partial charge in [-0.25, -0.2) is 8.42 Å². The first kappa shape index (κ1) is 14.1. The van der Waals surface area contributed by atoms with Gasteiger partial charge < -0.3 is 4.42 Å². The lowest BCUT2D eigenvalue weighted by Gasteiger charge is -2.11. The summed E-state index contributed by atoms with van der Waals surface area (Å²) in [6.07, 6.45) is 4.06. The van der Waals surface area contributed by atoms with Gasteiger partial charge in [0.25, 0.3) is 0 Å². The number of furan rings is 1. The summed E-state index contributed by atoms with van der Waals surface area (Å²) in [5.74, 6) is 0.731. The predicted molar refractivity (Wildman–Crippen MR) is 79.0 cm³/mol. The van der Waals surface area contributed by atoms with Crippen LogP contribution in [0.3, 0.4) is 0 Å². The van der Waals surface area contributed by atoms with Crippen LogP contribution in [0, 0.1) is 0 Å². The maximum Gasteiger partial charge on any atom is 0.185 e. The Balaban J connectivity index is 1.98. The zero-order valence-electron chi connectivity index (χ0n) is 11.5. The number of rotatable bonds is 4. The highest BCUT2D eigenvalue weighted by Gasteiger charge is 2.30. The predicted octanol–water partition coefficient (Wildman–Crippen LogP) is 3.48. The molecular formula is C16H16O4S. The van der Waals surface area contributed by atoms with Crippen molar-refractivity contribution < 1.29 is 17.6 Å². The van der Waals surface area contributed by atoms with E-state index in [1.54, 1.807) is 36.4 Å². The summed E-state index contributed by atoms with van der Waals surface area (Å²) in [4.78, 5) is 11.0. The summed E-state index contributed by atoms with van der Waals surface area (Å²) in [7, 11) is -3.28. The van der Waals surface area contributed by atoms with Gasteiger partial charge in [0.15, 0.2) is 21.9 Å². The van der Waals surface area contributed by atoms with Crippen molar-refractivity contribution in [3.05, 3.63) is 42.2 Å². The molecule has 1 aliphatic carbocycles. The van der Waals surface area contributed by atoms with E-state index in [9.17, 15) is 13.2 Å². The second-order valence-electron chi connectivity index (χ2n) is 5.30. The van der Waals surface area contributed by atoms with E-state index in [1.807, 2.05) is 0 Å². The fraction of sp³-hybridized carbons (Fsp3) is 0.312. The van der Waals surface area contributed by atoms with Crippen LogP contribution in [0.2, 0.25) is 0 Å². The highest BCUT2D eigenvalue weighted by Crippen LogP contribution is 2.31. The molecule has 2 aromatic rings. The van der Waals surface area contributed by atoms with Crippen molar-refractivity contribution in [3.8, 4) is 11.3 Å². The molecule has 0 bridgehead atoms. The molecule has 0 aliphatic heterocycles. The van der Waals surface area contributed by atoms with Crippen LogP contribution in [-0.4, -0.2) is 20.0 Å². The van der Waals surface area contributed by atoms with Crippen LogP contribution in [0.1, 0.15) is 36.2 Å². The van der Waals surface area contributed by atoms with E-state index in [0.717, 1.165) is 25.7 Å². The van der Waals surface area contributed by atoms with Gasteiger partial charge in [-0.3, -0.25) is 4.79 Å². The first-order valence-electron chi connectivity index (χ1n) is 7.00. The minimum atomic E-state index is -3.28. The second-order valence-corrected chi connectivity index (χ2v) is 7.53. The minimum Gasteiger partial charge on any atom is -0.453 e. The fourth-order valence-electron chi connectivity index (χ4n) is 2.79. The van der Waals surface area contributed by atoms with Crippen LogP contribution in [0.25, 0.3) is 11.3 Å². The Kier molecular flexibility index (Phi) is 3.68. The second kappa shape index (κ2) is 5.48. The number of benzene rings is 1. The molecule has 1 aromatic heterocycles. The third kappa shape index (κ3) is 2.65. The summed E-state index contributed by atoms with van der Waals surface area (Å²) in [5.41, 5.74) is 0.669. The van der Waals surface area contributed by atoms with Gasteiger partial charge in [0.05, 0.1) is 10.1 Å². The summed E-state index contributed by atoms with van der Waals surface area (Å²) < 4.78 is 30.5. The van der Waals surface area contributed by atoms with Crippen LogP contribution in [0.4, 0.5) is 0 Å². The van der Waals surface area contributed by atoms with E-state index >= 15 is 0 Å². The van der Waals surface area contributed by atoms with Crippen molar-refractivity contribution in [1.29, 1.82) is 0 Å². The Morgan fingerprint density at radius 3 is 2.52 bits per heavy atom. The van der Waals surface area contributed by atoms with Crippen molar-refractivity contribution in [2.45, 2.75) is 35.8 Å². The Hall–Kier alpha value is -1.88. The highest BCUT2D eigenvalue weighted by atomic mass is 32.2. The normalized spacial score (nSPS) is 16.2. The molecule has 0 saturated heterocycles. The van der Waals surface area contributed by atoms with Gasteiger partial charge in [-0.2, -0.15) is 0 Å². The molecule has 1 heterocycles. The fourth-order valence-corrected chi connectivity index (χ4v) is 4.69. The van der Waals surface area contributed by atoms with Crippen molar-refractivity contribution in [2.75, 3.05) is 0 Å². The molecule has 1 saturated carbocycles. The quantitative estimate of drug-likeness (QED) is 0.811. The van der Waals surface area contributed by atoms with Crippen LogP contribution < -0.4 is 0 Å². The Bertz CT molecular complexity index is 752. The molecule has 1 aromatic carbocycles. The first-order chi connectivity index (χ1) is 10.1. The molecule has 0 N–H and O–H groups in total. The molecule has 0 amide bonds. The molecule has 4 nitrogen and oxygen atoms in total. The molecule has 5 heteroatoms. The highest BCUT2D eigenvalue weighted by molar-refractivity contribution is 7.92. The zero-order valence-corrected chi connectivity index (χ0v) is 12.3. The van der Waals surface area contributed by atoms with Crippen molar-refractivity contribution in [2.24, 2.45) is 0 Å². The van der Waals surface area contributed by atoms with Crippen LogP contribution in [-0.2, 0) is 9.84 Å². The number of hydrogen-bond donors (Lipinski definition) is 0. The Morgan fingerprint density at radius 1 is 1.10 bits per heavy atom. The molecule has 110 valence electrons. The van der Waals surface area contributed by atoms with Gasteiger partial charge in [-0.15, -0.1) is 0 Å². The van der Waals surface area contributed by atoms with Gasteiger partial charge in [-0.1, -0.05) is 25.0 Å². The average Bonchev–Trinajstić information content (AvgIpc) is 3.19. The van der Waals surface area contributed by atoms with E-state index in [1.165, 1.54) is 0 Å².